The number of fused-ring (bicyclic) bond motifs is 1. The Kier molecular flexibility index (Phi) is 5.63. The van der Waals surface area contributed by atoms with Crippen molar-refractivity contribution in [3.05, 3.63) is 70.9 Å². The van der Waals surface area contributed by atoms with E-state index in [1.807, 2.05) is 18.2 Å². The molecule has 3 aromatic rings. The standard InChI is InChI=1S/C20H20N2O4/c1-14(23)21-10-9-16(15-5-3-2-4-6-15)12-25-17-7-8-18-19(11-17)22-13-26-20(18)24/h2-8,11,13,16H,9-10,12H2,1H3,(H,21,23). The molecular formula is C20H20N2O4. The van der Waals surface area contributed by atoms with Crippen molar-refractivity contribution in [2.45, 2.75) is 19.3 Å². The number of carbonyl (C=O) groups is 1. The summed E-state index contributed by atoms with van der Waals surface area (Å²) >= 11 is 0. The summed E-state index contributed by atoms with van der Waals surface area (Å²) in [6, 6.07) is 15.1. The zero-order valence-corrected chi connectivity index (χ0v) is 14.5. The molecule has 2 aromatic carbocycles. The normalized spacial score (nSPS) is 11.9. The summed E-state index contributed by atoms with van der Waals surface area (Å²) in [7, 11) is 0. The van der Waals surface area contributed by atoms with Gasteiger partial charge in [-0.1, -0.05) is 30.3 Å². The average Bonchev–Trinajstić information content (AvgIpc) is 2.65. The molecule has 0 radical (unpaired) electrons. The predicted octanol–water partition coefficient (Wildman–Crippen LogP) is 2.88. The highest BCUT2D eigenvalue weighted by atomic mass is 16.5. The topological polar surface area (TPSA) is 81.4 Å². The summed E-state index contributed by atoms with van der Waals surface area (Å²) in [5, 5.41) is 3.25. The number of carbonyl (C=O) groups excluding carboxylic acids is 1. The van der Waals surface area contributed by atoms with Crippen LogP contribution in [0.25, 0.3) is 10.9 Å². The number of nitrogens with one attached hydrogen (secondary N) is 1. The van der Waals surface area contributed by atoms with E-state index in [0.29, 0.717) is 29.8 Å². The number of hydrogen-bond acceptors (Lipinski definition) is 5. The van der Waals surface area contributed by atoms with Gasteiger partial charge < -0.3 is 14.5 Å². The number of nitrogens with zero attached hydrogens (tertiary/aromatic N) is 1. The van der Waals surface area contributed by atoms with Crippen LogP contribution < -0.4 is 15.7 Å². The maximum absolute atomic E-state index is 11.6. The fraction of sp³-hybridized carbons (Fsp3) is 0.250. The first-order chi connectivity index (χ1) is 12.6. The van der Waals surface area contributed by atoms with E-state index in [1.165, 1.54) is 6.92 Å². The summed E-state index contributed by atoms with van der Waals surface area (Å²) in [5.41, 5.74) is 1.27. The van der Waals surface area contributed by atoms with Crippen molar-refractivity contribution >= 4 is 16.8 Å². The van der Waals surface area contributed by atoms with Crippen LogP contribution in [0.2, 0.25) is 0 Å². The van der Waals surface area contributed by atoms with E-state index in [0.717, 1.165) is 18.4 Å². The molecule has 1 N–H and O–H groups in total. The van der Waals surface area contributed by atoms with Gasteiger partial charge in [-0.3, -0.25) is 4.79 Å². The summed E-state index contributed by atoms with van der Waals surface area (Å²) in [4.78, 5) is 26.8. The molecule has 1 aromatic heterocycles. The lowest BCUT2D eigenvalue weighted by molar-refractivity contribution is -0.118. The molecule has 0 aliphatic carbocycles. The number of ether oxygens (including phenoxy) is 1. The van der Waals surface area contributed by atoms with Crippen LogP contribution in [0.5, 0.6) is 5.75 Å². The molecule has 6 heteroatoms. The zero-order chi connectivity index (χ0) is 18.4. The second kappa shape index (κ2) is 8.29. The summed E-state index contributed by atoms with van der Waals surface area (Å²) in [5.74, 6) is 0.723. The Bertz CT molecular complexity index is 937. The van der Waals surface area contributed by atoms with Gasteiger partial charge in [0.25, 0.3) is 0 Å². The molecule has 1 heterocycles. The molecule has 134 valence electrons. The highest BCUT2D eigenvalue weighted by molar-refractivity contribution is 5.78. The Hall–Kier alpha value is -3.15. The van der Waals surface area contributed by atoms with Crippen molar-refractivity contribution in [2.24, 2.45) is 0 Å². The lowest BCUT2D eigenvalue weighted by Gasteiger charge is -2.18. The smallest absolute Gasteiger partial charge is 0.346 e. The maximum Gasteiger partial charge on any atom is 0.346 e. The first-order valence-electron chi connectivity index (χ1n) is 8.43. The molecule has 0 saturated carbocycles. The van der Waals surface area contributed by atoms with Crippen molar-refractivity contribution in [3.8, 4) is 5.75 Å². The average molecular weight is 352 g/mol. The van der Waals surface area contributed by atoms with Gasteiger partial charge in [-0.15, -0.1) is 0 Å². The van der Waals surface area contributed by atoms with E-state index < -0.39 is 5.63 Å². The lowest BCUT2D eigenvalue weighted by Crippen LogP contribution is -2.24. The zero-order valence-electron chi connectivity index (χ0n) is 14.5. The van der Waals surface area contributed by atoms with Gasteiger partial charge in [0.1, 0.15) is 5.75 Å². The number of amides is 1. The van der Waals surface area contributed by atoms with Crippen LogP contribution in [0.15, 0.2) is 64.1 Å². The minimum Gasteiger partial charge on any atom is -0.493 e. The largest absolute Gasteiger partial charge is 0.493 e. The van der Waals surface area contributed by atoms with Crippen LogP contribution in [0.1, 0.15) is 24.8 Å². The van der Waals surface area contributed by atoms with Crippen LogP contribution in [0.4, 0.5) is 0 Å². The monoisotopic (exact) mass is 352 g/mol. The molecule has 6 nitrogen and oxygen atoms in total. The minimum absolute atomic E-state index is 0.0443. The van der Waals surface area contributed by atoms with Gasteiger partial charge in [0, 0.05) is 25.5 Å². The van der Waals surface area contributed by atoms with Gasteiger partial charge in [-0.05, 0) is 24.1 Å². The second-order valence-electron chi connectivity index (χ2n) is 6.01. The molecule has 0 bridgehead atoms. The molecule has 1 unspecified atom stereocenters. The van der Waals surface area contributed by atoms with Crippen LogP contribution in [-0.2, 0) is 4.79 Å². The number of hydrogen-bond donors (Lipinski definition) is 1. The molecule has 0 aliphatic heterocycles. The molecule has 0 aliphatic rings. The lowest BCUT2D eigenvalue weighted by atomic mass is 9.96. The van der Waals surface area contributed by atoms with Gasteiger partial charge >= 0.3 is 5.63 Å². The molecule has 0 saturated heterocycles. The highest BCUT2D eigenvalue weighted by Gasteiger charge is 2.13. The van der Waals surface area contributed by atoms with Crippen molar-refractivity contribution in [3.63, 3.8) is 0 Å². The van der Waals surface area contributed by atoms with Crippen molar-refractivity contribution in [1.82, 2.24) is 10.3 Å². The van der Waals surface area contributed by atoms with Gasteiger partial charge in [-0.25, -0.2) is 9.78 Å². The van der Waals surface area contributed by atoms with Gasteiger partial charge in [0.2, 0.25) is 5.91 Å². The molecule has 0 fully saturated rings. The Morgan fingerprint density at radius 3 is 2.81 bits per heavy atom. The van der Waals surface area contributed by atoms with E-state index in [-0.39, 0.29) is 11.8 Å². The fourth-order valence-electron chi connectivity index (χ4n) is 2.77. The molecular weight excluding hydrogens is 332 g/mol. The predicted molar refractivity (Wildman–Crippen MR) is 98.3 cm³/mol. The van der Waals surface area contributed by atoms with Crippen LogP contribution in [-0.4, -0.2) is 24.0 Å². The molecule has 3 rings (SSSR count). The third kappa shape index (κ3) is 4.47. The Balaban J connectivity index is 1.72. The maximum atomic E-state index is 11.6. The van der Waals surface area contributed by atoms with Crippen LogP contribution >= 0.6 is 0 Å². The van der Waals surface area contributed by atoms with Crippen LogP contribution in [0, 0.1) is 0 Å². The third-order valence-corrected chi connectivity index (χ3v) is 4.13. The molecule has 26 heavy (non-hydrogen) atoms. The summed E-state index contributed by atoms with van der Waals surface area (Å²) < 4.78 is 10.7. The van der Waals surface area contributed by atoms with Crippen molar-refractivity contribution in [1.29, 1.82) is 0 Å². The Morgan fingerprint density at radius 1 is 1.23 bits per heavy atom. The number of rotatable bonds is 7. The fourth-order valence-corrected chi connectivity index (χ4v) is 2.77. The van der Waals surface area contributed by atoms with Crippen LogP contribution in [0.3, 0.4) is 0 Å². The molecule has 1 amide bonds. The van der Waals surface area contributed by atoms with E-state index in [9.17, 15) is 9.59 Å². The number of benzene rings is 2. The highest BCUT2D eigenvalue weighted by Crippen LogP contribution is 2.23. The second-order valence-corrected chi connectivity index (χ2v) is 6.01. The van der Waals surface area contributed by atoms with Crippen molar-refractivity contribution in [2.75, 3.05) is 13.2 Å². The summed E-state index contributed by atoms with van der Waals surface area (Å²) in [6.45, 7) is 2.54. The number of aromatic nitrogens is 1. The van der Waals surface area contributed by atoms with Gasteiger partial charge in [0.15, 0.2) is 6.39 Å². The van der Waals surface area contributed by atoms with E-state index in [1.54, 1.807) is 18.2 Å². The molecule has 0 spiro atoms. The first-order valence-corrected chi connectivity index (χ1v) is 8.43. The molecule has 1 atom stereocenters. The Morgan fingerprint density at radius 2 is 2.04 bits per heavy atom. The quantitative estimate of drug-likeness (QED) is 0.707. The third-order valence-electron chi connectivity index (χ3n) is 4.13. The van der Waals surface area contributed by atoms with E-state index in [4.69, 9.17) is 9.15 Å². The van der Waals surface area contributed by atoms with Gasteiger partial charge in [0.05, 0.1) is 17.5 Å². The van der Waals surface area contributed by atoms with Gasteiger partial charge in [-0.2, -0.15) is 0 Å². The Labute approximate surface area is 150 Å². The van der Waals surface area contributed by atoms with E-state index in [2.05, 4.69) is 22.4 Å². The minimum atomic E-state index is -0.418. The summed E-state index contributed by atoms with van der Waals surface area (Å²) in [6.07, 6.45) is 1.90. The van der Waals surface area contributed by atoms with Crippen molar-refractivity contribution < 1.29 is 13.9 Å². The van der Waals surface area contributed by atoms with E-state index >= 15 is 0 Å². The first kappa shape index (κ1) is 17.7. The SMILES string of the molecule is CC(=O)NCCC(COc1ccc2c(=O)ocnc2c1)c1ccccc1.